The molecule has 4 heteroatoms. The van der Waals surface area contributed by atoms with E-state index in [1.165, 1.54) is 36.9 Å². The third-order valence-electron chi connectivity index (χ3n) is 4.65. The molecule has 0 amide bonds. The van der Waals surface area contributed by atoms with Crippen LogP contribution in [0.2, 0.25) is 0 Å². The number of piperidine rings is 1. The number of hydrogen-bond acceptors (Lipinski definition) is 3. The van der Waals surface area contributed by atoms with Crippen molar-refractivity contribution in [3.8, 4) is 11.5 Å². The van der Waals surface area contributed by atoms with Crippen LogP contribution in [0.1, 0.15) is 43.2 Å². The molecule has 2 atom stereocenters. The monoisotopic (exact) mass is 327 g/mol. The molecule has 2 N–H and O–H groups in total. The summed E-state index contributed by atoms with van der Waals surface area (Å²) in [7, 11) is 0. The Labute approximate surface area is 125 Å². The van der Waals surface area contributed by atoms with Crippen molar-refractivity contribution in [2.75, 3.05) is 13.1 Å². The maximum absolute atomic E-state index is 9.73. The van der Waals surface area contributed by atoms with Gasteiger partial charge in [0.15, 0.2) is 11.5 Å². The Bertz CT molecular complexity index is 464. The van der Waals surface area contributed by atoms with E-state index in [4.69, 9.17) is 0 Å². The number of likely N-dealkylation sites (N-methyl/N-ethyl adjacent to an activating group) is 1. The number of likely N-dealkylation sites (tertiary alicyclic amines) is 1. The molecule has 1 aromatic carbocycles. The van der Waals surface area contributed by atoms with Gasteiger partial charge < -0.3 is 15.1 Å². The van der Waals surface area contributed by atoms with Gasteiger partial charge in [-0.1, -0.05) is 6.92 Å². The summed E-state index contributed by atoms with van der Waals surface area (Å²) in [5, 5.41) is 19.3. The first kappa shape index (κ1) is 14.7. The molecule has 2 aliphatic rings. The zero-order chi connectivity index (χ0) is 12.7. The van der Waals surface area contributed by atoms with Crippen LogP contribution >= 0.6 is 17.0 Å². The van der Waals surface area contributed by atoms with Gasteiger partial charge in [0.1, 0.15) is 0 Å². The number of aryl methyl sites for hydroxylation is 1. The molecule has 0 aromatic heterocycles. The highest BCUT2D eigenvalue weighted by molar-refractivity contribution is 8.93. The average Bonchev–Trinajstić information content (AvgIpc) is 2.39. The van der Waals surface area contributed by atoms with E-state index < -0.39 is 0 Å². The summed E-state index contributed by atoms with van der Waals surface area (Å²) >= 11 is 0. The Morgan fingerprint density at radius 3 is 2.68 bits per heavy atom. The summed E-state index contributed by atoms with van der Waals surface area (Å²) in [4.78, 5) is 2.57. The Hall–Kier alpha value is -0.740. The molecular formula is C15H22BrNO2. The Kier molecular flexibility index (Phi) is 4.41. The molecule has 0 spiro atoms. The number of halogens is 1. The number of phenolic OH excluding ortho intramolecular Hbond substituents is 2. The molecule has 0 radical (unpaired) electrons. The summed E-state index contributed by atoms with van der Waals surface area (Å²) in [6, 6.07) is 4.17. The molecule has 1 fully saturated rings. The van der Waals surface area contributed by atoms with Crippen molar-refractivity contribution in [1.82, 2.24) is 4.90 Å². The standard InChI is InChI=1S/C15H21NO2.BrH/c1-2-16-7-3-4-11-12-9-15(18)14(17)8-10(12)5-6-13(11)16;/h8-9,11,13,17-18H,2-7H2,1H3;1H. The van der Waals surface area contributed by atoms with Crippen LogP contribution in [-0.4, -0.2) is 34.2 Å². The van der Waals surface area contributed by atoms with E-state index in [1.807, 2.05) is 0 Å². The first-order chi connectivity index (χ1) is 8.70. The summed E-state index contributed by atoms with van der Waals surface area (Å²) in [5.41, 5.74) is 2.49. The van der Waals surface area contributed by atoms with Crippen molar-refractivity contribution in [2.45, 2.75) is 44.6 Å². The summed E-state index contributed by atoms with van der Waals surface area (Å²) in [5.74, 6) is 0.590. The lowest BCUT2D eigenvalue weighted by Crippen LogP contribution is -2.46. The van der Waals surface area contributed by atoms with E-state index in [1.54, 1.807) is 12.1 Å². The number of benzene rings is 1. The normalized spacial score (nSPS) is 26.2. The summed E-state index contributed by atoms with van der Waals surface area (Å²) < 4.78 is 0. The number of phenols is 2. The zero-order valence-corrected chi connectivity index (χ0v) is 13.0. The van der Waals surface area contributed by atoms with Gasteiger partial charge in [-0.2, -0.15) is 0 Å². The van der Waals surface area contributed by atoms with E-state index in [0.29, 0.717) is 12.0 Å². The first-order valence-corrected chi connectivity index (χ1v) is 6.99. The second-order valence-electron chi connectivity index (χ2n) is 5.52. The number of rotatable bonds is 1. The second-order valence-corrected chi connectivity index (χ2v) is 5.52. The van der Waals surface area contributed by atoms with Gasteiger partial charge >= 0.3 is 0 Å². The fraction of sp³-hybridized carbons (Fsp3) is 0.600. The van der Waals surface area contributed by atoms with E-state index >= 15 is 0 Å². The lowest BCUT2D eigenvalue weighted by molar-refractivity contribution is 0.119. The minimum atomic E-state index is 0. The molecule has 3 rings (SSSR count). The molecule has 0 saturated carbocycles. The highest BCUT2D eigenvalue weighted by Gasteiger charge is 2.36. The van der Waals surface area contributed by atoms with Crippen molar-refractivity contribution in [3.63, 3.8) is 0 Å². The van der Waals surface area contributed by atoms with Crippen LogP contribution < -0.4 is 0 Å². The predicted molar refractivity (Wildman–Crippen MR) is 81.4 cm³/mol. The quantitative estimate of drug-likeness (QED) is 0.778. The SMILES string of the molecule is Br.CCN1CCCC2c3cc(O)c(O)cc3CCC21. The van der Waals surface area contributed by atoms with Gasteiger partial charge in [0.05, 0.1) is 0 Å². The van der Waals surface area contributed by atoms with Gasteiger partial charge in [0, 0.05) is 6.04 Å². The van der Waals surface area contributed by atoms with E-state index in [9.17, 15) is 10.2 Å². The largest absolute Gasteiger partial charge is 0.504 e. The number of fused-ring (bicyclic) bond motifs is 3. The molecule has 3 nitrogen and oxygen atoms in total. The van der Waals surface area contributed by atoms with Crippen molar-refractivity contribution in [1.29, 1.82) is 0 Å². The molecule has 19 heavy (non-hydrogen) atoms. The van der Waals surface area contributed by atoms with E-state index in [-0.39, 0.29) is 28.5 Å². The van der Waals surface area contributed by atoms with Crippen LogP contribution in [0.25, 0.3) is 0 Å². The van der Waals surface area contributed by atoms with Crippen LogP contribution in [0, 0.1) is 0 Å². The van der Waals surface area contributed by atoms with E-state index in [2.05, 4.69) is 11.8 Å². The molecule has 1 aromatic rings. The minimum Gasteiger partial charge on any atom is -0.504 e. The first-order valence-electron chi connectivity index (χ1n) is 6.99. The van der Waals surface area contributed by atoms with Crippen LogP contribution in [0.15, 0.2) is 12.1 Å². The maximum atomic E-state index is 9.73. The van der Waals surface area contributed by atoms with Crippen LogP contribution in [0.3, 0.4) is 0 Å². The highest BCUT2D eigenvalue weighted by Crippen LogP contribution is 2.43. The molecule has 0 bridgehead atoms. The zero-order valence-electron chi connectivity index (χ0n) is 11.3. The minimum absolute atomic E-state index is 0. The number of hydrogen-bond donors (Lipinski definition) is 2. The fourth-order valence-corrected chi connectivity index (χ4v) is 3.77. The molecule has 1 aliphatic carbocycles. The molecular weight excluding hydrogens is 306 g/mol. The van der Waals surface area contributed by atoms with Crippen molar-refractivity contribution in [2.24, 2.45) is 0 Å². The Morgan fingerprint density at radius 2 is 1.95 bits per heavy atom. The molecule has 1 saturated heterocycles. The van der Waals surface area contributed by atoms with Crippen molar-refractivity contribution < 1.29 is 10.2 Å². The van der Waals surface area contributed by atoms with Gasteiger partial charge in [0.25, 0.3) is 0 Å². The van der Waals surface area contributed by atoms with E-state index in [0.717, 1.165) is 13.0 Å². The average molecular weight is 328 g/mol. The lowest BCUT2D eigenvalue weighted by atomic mass is 9.74. The number of aromatic hydroxyl groups is 2. The molecule has 2 unspecified atom stereocenters. The second kappa shape index (κ2) is 5.71. The summed E-state index contributed by atoms with van der Waals surface area (Å²) in [6.07, 6.45) is 4.63. The third-order valence-corrected chi connectivity index (χ3v) is 4.65. The van der Waals surface area contributed by atoms with Crippen molar-refractivity contribution >= 4 is 17.0 Å². The predicted octanol–water partition coefficient (Wildman–Crippen LogP) is 3.19. The van der Waals surface area contributed by atoms with Gasteiger partial charge in [-0.05, 0) is 68.0 Å². The Morgan fingerprint density at radius 1 is 1.21 bits per heavy atom. The Balaban J connectivity index is 0.00000133. The third kappa shape index (κ3) is 2.48. The van der Waals surface area contributed by atoms with Crippen molar-refractivity contribution in [3.05, 3.63) is 23.3 Å². The smallest absolute Gasteiger partial charge is 0.157 e. The van der Waals surface area contributed by atoms with Gasteiger partial charge in [-0.15, -0.1) is 17.0 Å². The summed E-state index contributed by atoms with van der Waals surface area (Å²) in [6.45, 7) is 4.55. The van der Waals surface area contributed by atoms with Gasteiger partial charge in [-0.25, -0.2) is 0 Å². The molecule has 1 aliphatic heterocycles. The van der Waals surface area contributed by atoms with Gasteiger partial charge in [-0.3, -0.25) is 0 Å². The van der Waals surface area contributed by atoms with Gasteiger partial charge in [0.2, 0.25) is 0 Å². The van der Waals surface area contributed by atoms with Crippen LogP contribution in [0.4, 0.5) is 0 Å². The topological polar surface area (TPSA) is 43.7 Å². The molecule has 1 heterocycles. The lowest BCUT2D eigenvalue weighted by Gasteiger charge is -2.44. The van der Waals surface area contributed by atoms with Crippen LogP contribution in [0.5, 0.6) is 11.5 Å². The highest BCUT2D eigenvalue weighted by atomic mass is 79.9. The maximum Gasteiger partial charge on any atom is 0.157 e. The van der Waals surface area contributed by atoms with Crippen LogP contribution in [-0.2, 0) is 6.42 Å². The number of nitrogens with zero attached hydrogens (tertiary/aromatic N) is 1. The molecule has 106 valence electrons. The fourth-order valence-electron chi connectivity index (χ4n) is 3.77.